The molecule has 0 saturated heterocycles. The van der Waals surface area contributed by atoms with Gasteiger partial charge < -0.3 is 15.2 Å². The van der Waals surface area contributed by atoms with Crippen LogP contribution in [0.2, 0.25) is 0 Å². The number of carbonyl (C=O) groups excluding carboxylic acids is 2. The Morgan fingerprint density at radius 1 is 1.17 bits per heavy atom. The van der Waals surface area contributed by atoms with Crippen molar-refractivity contribution in [2.45, 2.75) is 26.3 Å². The van der Waals surface area contributed by atoms with Crippen molar-refractivity contribution >= 4 is 11.9 Å². The highest BCUT2D eigenvalue weighted by atomic mass is 16.5. The number of rotatable bonds is 7. The second-order valence-electron chi connectivity index (χ2n) is 6.90. The van der Waals surface area contributed by atoms with Crippen LogP contribution >= 0.6 is 0 Å². The smallest absolute Gasteiger partial charge is 0.330 e. The zero-order valence-electron chi connectivity index (χ0n) is 17.3. The van der Waals surface area contributed by atoms with Crippen molar-refractivity contribution in [1.29, 1.82) is 0 Å². The Morgan fingerprint density at radius 2 is 1.87 bits per heavy atom. The predicted molar refractivity (Wildman–Crippen MR) is 113 cm³/mol. The predicted octanol–water partition coefficient (Wildman–Crippen LogP) is 2.67. The number of aryl methyl sites for hydroxylation is 2. The second kappa shape index (κ2) is 9.37. The number of aliphatic hydroxyl groups is 1. The fourth-order valence-corrected chi connectivity index (χ4v) is 3.15. The first-order valence-corrected chi connectivity index (χ1v) is 9.73. The molecule has 0 bridgehead atoms. The Balaban J connectivity index is 2.06. The van der Waals surface area contributed by atoms with Crippen LogP contribution in [0.3, 0.4) is 0 Å². The molecule has 2 N–H and O–H groups in total. The van der Waals surface area contributed by atoms with Crippen LogP contribution in [0.25, 0.3) is 16.9 Å². The van der Waals surface area contributed by atoms with Crippen LogP contribution < -0.4 is 5.32 Å². The van der Waals surface area contributed by atoms with Crippen LogP contribution in [0.4, 0.5) is 0 Å². The molecule has 30 heavy (non-hydrogen) atoms. The normalized spacial score (nSPS) is 11.7. The number of carbonyl (C=O) groups is 2. The molecule has 7 heteroatoms. The number of amides is 1. The van der Waals surface area contributed by atoms with E-state index in [1.807, 2.05) is 55.5 Å². The molecule has 1 amide bonds. The van der Waals surface area contributed by atoms with E-state index in [0.29, 0.717) is 11.3 Å². The Bertz CT molecular complexity index is 1040. The molecule has 1 atom stereocenters. The zero-order valence-corrected chi connectivity index (χ0v) is 17.3. The van der Waals surface area contributed by atoms with Gasteiger partial charge in [-0.3, -0.25) is 4.79 Å². The van der Waals surface area contributed by atoms with Crippen molar-refractivity contribution in [1.82, 2.24) is 15.1 Å². The summed E-state index contributed by atoms with van der Waals surface area (Å²) >= 11 is 0. The molecule has 0 unspecified atom stereocenters. The molecular weight excluding hydrogens is 382 g/mol. The summed E-state index contributed by atoms with van der Waals surface area (Å²) in [5, 5.41) is 16.6. The van der Waals surface area contributed by atoms with Crippen molar-refractivity contribution in [2.75, 3.05) is 13.7 Å². The third kappa shape index (κ3) is 4.41. The third-order valence-electron chi connectivity index (χ3n) is 4.93. The monoisotopic (exact) mass is 407 g/mol. The summed E-state index contributed by atoms with van der Waals surface area (Å²) in [5.74, 6) is -1.24. The van der Waals surface area contributed by atoms with Crippen LogP contribution in [0, 0.1) is 6.92 Å². The molecule has 0 saturated carbocycles. The molecule has 0 spiro atoms. The fraction of sp³-hybridized carbons (Fsp3) is 0.261. The van der Waals surface area contributed by atoms with Crippen LogP contribution in [0.15, 0.2) is 54.7 Å². The summed E-state index contributed by atoms with van der Waals surface area (Å²) < 4.78 is 6.29. The minimum Gasteiger partial charge on any atom is -0.467 e. The average Bonchev–Trinajstić information content (AvgIpc) is 3.22. The highest BCUT2D eigenvalue weighted by Crippen LogP contribution is 2.25. The number of nitrogens with one attached hydrogen (secondary N) is 1. The third-order valence-corrected chi connectivity index (χ3v) is 4.93. The maximum absolute atomic E-state index is 13.0. The van der Waals surface area contributed by atoms with Crippen molar-refractivity contribution < 1.29 is 19.4 Å². The van der Waals surface area contributed by atoms with E-state index in [1.165, 1.54) is 12.7 Å². The number of aromatic nitrogens is 2. The van der Waals surface area contributed by atoms with Crippen molar-refractivity contribution in [3.63, 3.8) is 0 Å². The minimum atomic E-state index is -1.15. The fourth-order valence-electron chi connectivity index (χ4n) is 3.15. The van der Waals surface area contributed by atoms with Crippen LogP contribution in [-0.4, -0.2) is 46.5 Å². The second-order valence-corrected chi connectivity index (χ2v) is 6.90. The largest absolute Gasteiger partial charge is 0.467 e. The number of aliphatic hydroxyl groups excluding tert-OH is 1. The Hall–Kier alpha value is -3.45. The Kier molecular flexibility index (Phi) is 6.64. The first-order valence-electron chi connectivity index (χ1n) is 9.73. The van der Waals surface area contributed by atoms with Crippen molar-refractivity contribution in [3.8, 4) is 16.9 Å². The van der Waals surface area contributed by atoms with Gasteiger partial charge in [0.2, 0.25) is 0 Å². The number of ether oxygens (including phenoxy) is 1. The molecule has 0 fully saturated rings. The number of hydrogen-bond donors (Lipinski definition) is 2. The van der Waals surface area contributed by atoms with Gasteiger partial charge in [-0.2, -0.15) is 5.10 Å². The Morgan fingerprint density at radius 3 is 2.47 bits per heavy atom. The van der Waals surface area contributed by atoms with Gasteiger partial charge >= 0.3 is 5.97 Å². The summed E-state index contributed by atoms with van der Waals surface area (Å²) in [4.78, 5) is 24.8. The molecule has 0 radical (unpaired) electrons. The van der Waals surface area contributed by atoms with E-state index in [1.54, 1.807) is 10.9 Å². The summed E-state index contributed by atoms with van der Waals surface area (Å²) in [6.07, 6.45) is 2.54. The lowest BCUT2D eigenvalue weighted by atomic mass is 10.0. The summed E-state index contributed by atoms with van der Waals surface area (Å²) in [7, 11) is 1.20. The molecule has 1 aromatic heterocycles. The number of esters is 1. The van der Waals surface area contributed by atoms with Crippen LogP contribution in [0.5, 0.6) is 0 Å². The van der Waals surface area contributed by atoms with Crippen molar-refractivity contribution in [3.05, 3.63) is 71.4 Å². The van der Waals surface area contributed by atoms with Gasteiger partial charge in [0.1, 0.15) is 5.69 Å². The number of benzene rings is 2. The van der Waals surface area contributed by atoms with Crippen LogP contribution in [-0.2, 0) is 16.0 Å². The molecular formula is C23H25N3O4. The first kappa shape index (κ1) is 21.3. The van der Waals surface area contributed by atoms with E-state index in [-0.39, 0.29) is 0 Å². The van der Waals surface area contributed by atoms with Gasteiger partial charge in [0.05, 0.1) is 25.0 Å². The first-order chi connectivity index (χ1) is 14.5. The number of hydrogen-bond acceptors (Lipinski definition) is 5. The maximum atomic E-state index is 13.0. The zero-order chi connectivity index (χ0) is 21.7. The summed E-state index contributed by atoms with van der Waals surface area (Å²) in [5.41, 5.74) is 4.58. The molecule has 3 aromatic rings. The van der Waals surface area contributed by atoms with Gasteiger partial charge in [0.25, 0.3) is 5.91 Å². The number of nitrogens with zero attached hydrogens (tertiary/aromatic N) is 2. The highest BCUT2D eigenvalue weighted by Gasteiger charge is 2.25. The van der Waals surface area contributed by atoms with Gasteiger partial charge in [-0.25, -0.2) is 9.48 Å². The van der Waals surface area contributed by atoms with E-state index in [9.17, 15) is 14.7 Å². The van der Waals surface area contributed by atoms with Crippen molar-refractivity contribution in [2.24, 2.45) is 0 Å². The molecule has 7 nitrogen and oxygen atoms in total. The number of para-hydroxylation sites is 1. The lowest BCUT2D eigenvalue weighted by Crippen LogP contribution is -2.44. The molecule has 0 aliphatic rings. The number of methoxy groups -OCH3 is 1. The van der Waals surface area contributed by atoms with E-state index < -0.39 is 24.5 Å². The quantitative estimate of drug-likeness (QED) is 0.588. The van der Waals surface area contributed by atoms with E-state index >= 15 is 0 Å². The highest BCUT2D eigenvalue weighted by molar-refractivity contribution is 6.01. The SMILES string of the molecule is CCc1ccc(-c2nn(-c3ccccc3C)cc2C(=O)N[C@H](CO)C(=O)OC)cc1. The van der Waals surface area contributed by atoms with Gasteiger partial charge in [-0.05, 0) is 30.5 Å². The van der Waals surface area contributed by atoms with Gasteiger partial charge in [-0.1, -0.05) is 49.4 Å². The minimum absolute atomic E-state index is 0.296. The van der Waals surface area contributed by atoms with Gasteiger partial charge in [-0.15, -0.1) is 0 Å². The van der Waals surface area contributed by atoms with E-state index in [2.05, 4.69) is 22.1 Å². The standard InChI is InChI=1S/C23H25N3O4/c1-4-16-9-11-17(12-10-16)21-18(22(28)24-19(14-27)23(29)30-3)13-26(25-21)20-8-6-5-7-15(20)2/h5-13,19,27H,4,14H2,1-3H3,(H,24,28)/t19-/m1/s1. The molecule has 2 aromatic carbocycles. The van der Waals surface area contributed by atoms with E-state index in [4.69, 9.17) is 0 Å². The average molecular weight is 407 g/mol. The lowest BCUT2D eigenvalue weighted by Gasteiger charge is -2.13. The van der Waals surface area contributed by atoms with E-state index in [0.717, 1.165) is 23.2 Å². The van der Waals surface area contributed by atoms with Gasteiger partial charge in [0, 0.05) is 11.8 Å². The van der Waals surface area contributed by atoms with Gasteiger partial charge in [0.15, 0.2) is 6.04 Å². The summed E-state index contributed by atoms with van der Waals surface area (Å²) in [6.45, 7) is 3.47. The molecule has 3 rings (SSSR count). The van der Waals surface area contributed by atoms with Crippen LogP contribution in [0.1, 0.15) is 28.4 Å². The maximum Gasteiger partial charge on any atom is 0.330 e. The lowest BCUT2D eigenvalue weighted by molar-refractivity contribution is -0.143. The topological polar surface area (TPSA) is 93.5 Å². The molecule has 1 heterocycles. The molecule has 156 valence electrons. The summed E-state index contributed by atoms with van der Waals surface area (Å²) in [6, 6.07) is 14.4. The molecule has 0 aliphatic heterocycles. The molecule has 0 aliphatic carbocycles. The Labute approximate surface area is 175 Å².